The standard InChI is InChI=1S/C21H26ClN3O4S2/c1-3-24(4-2)21(27)17-10-9-16(13-18(17)22)23-20(26)15-7-5-11-25(14-15)31(28,29)19-8-6-12-30-19/h6,8-10,12-13,15H,3-5,7,11,14H2,1-2H3,(H,23,26). The van der Waals surface area contributed by atoms with Gasteiger partial charge >= 0.3 is 0 Å². The Kier molecular flexibility index (Phi) is 7.74. The van der Waals surface area contributed by atoms with E-state index >= 15 is 0 Å². The molecule has 1 aliphatic heterocycles. The van der Waals surface area contributed by atoms with E-state index in [1.165, 1.54) is 15.6 Å². The number of thiophene rings is 1. The van der Waals surface area contributed by atoms with Gasteiger partial charge in [0.25, 0.3) is 15.9 Å². The second-order valence-electron chi connectivity index (χ2n) is 7.30. The summed E-state index contributed by atoms with van der Waals surface area (Å²) in [4.78, 5) is 27.0. The summed E-state index contributed by atoms with van der Waals surface area (Å²) in [5.74, 6) is -0.876. The van der Waals surface area contributed by atoms with E-state index in [-0.39, 0.29) is 27.6 Å². The van der Waals surface area contributed by atoms with Crippen molar-refractivity contribution in [2.75, 3.05) is 31.5 Å². The maximum atomic E-state index is 12.8. The summed E-state index contributed by atoms with van der Waals surface area (Å²) in [7, 11) is -3.58. The lowest BCUT2D eigenvalue weighted by Crippen LogP contribution is -2.43. The Hall–Kier alpha value is -1.94. The molecule has 1 atom stereocenters. The summed E-state index contributed by atoms with van der Waals surface area (Å²) < 4.78 is 27.2. The highest BCUT2D eigenvalue weighted by atomic mass is 35.5. The zero-order valence-electron chi connectivity index (χ0n) is 17.5. The Labute approximate surface area is 192 Å². The SMILES string of the molecule is CCN(CC)C(=O)c1ccc(NC(=O)C2CCCN(S(=O)(=O)c3cccs3)C2)cc1Cl. The van der Waals surface area contributed by atoms with Gasteiger partial charge in [-0.05, 0) is 56.3 Å². The van der Waals surface area contributed by atoms with E-state index in [4.69, 9.17) is 11.6 Å². The van der Waals surface area contributed by atoms with Gasteiger partial charge in [-0.3, -0.25) is 9.59 Å². The van der Waals surface area contributed by atoms with E-state index in [2.05, 4.69) is 5.32 Å². The van der Waals surface area contributed by atoms with Gasteiger partial charge in [0, 0.05) is 31.9 Å². The van der Waals surface area contributed by atoms with Crippen molar-refractivity contribution in [1.29, 1.82) is 0 Å². The quantitative estimate of drug-likeness (QED) is 0.646. The van der Waals surface area contributed by atoms with Crippen LogP contribution in [0.1, 0.15) is 37.0 Å². The molecule has 2 heterocycles. The number of hydrogen-bond acceptors (Lipinski definition) is 5. The molecule has 1 saturated heterocycles. The van der Waals surface area contributed by atoms with Crippen LogP contribution in [0.4, 0.5) is 5.69 Å². The lowest BCUT2D eigenvalue weighted by atomic mass is 9.98. The van der Waals surface area contributed by atoms with Gasteiger partial charge in [0.05, 0.1) is 16.5 Å². The van der Waals surface area contributed by atoms with Crippen molar-refractivity contribution >= 4 is 50.5 Å². The topological polar surface area (TPSA) is 86.8 Å². The maximum Gasteiger partial charge on any atom is 0.255 e. The van der Waals surface area contributed by atoms with E-state index < -0.39 is 15.9 Å². The highest BCUT2D eigenvalue weighted by Gasteiger charge is 2.34. The lowest BCUT2D eigenvalue weighted by Gasteiger charge is -2.30. The van der Waals surface area contributed by atoms with Crippen LogP contribution in [0.15, 0.2) is 39.9 Å². The van der Waals surface area contributed by atoms with Gasteiger partial charge in [0.1, 0.15) is 4.21 Å². The summed E-state index contributed by atoms with van der Waals surface area (Å²) in [5, 5.41) is 4.80. The normalized spacial score (nSPS) is 17.3. The molecular weight excluding hydrogens is 458 g/mol. The fraction of sp³-hybridized carbons (Fsp3) is 0.429. The van der Waals surface area contributed by atoms with Crippen molar-refractivity contribution in [2.24, 2.45) is 5.92 Å². The summed E-state index contributed by atoms with van der Waals surface area (Å²) >= 11 is 7.48. The van der Waals surface area contributed by atoms with Crippen LogP contribution in [0.5, 0.6) is 0 Å². The molecular formula is C21H26ClN3O4S2. The molecule has 0 spiro atoms. The van der Waals surface area contributed by atoms with Crippen LogP contribution >= 0.6 is 22.9 Å². The highest BCUT2D eigenvalue weighted by molar-refractivity contribution is 7.91. The molecule has 168 valence electrons. The molecule has 2 aromatic rings. The van der Waals surface area contributed by atoms with Crippen LogP contribution in [0.25, 0.3) is 0 Å². The fourth-order valence-electron chi connectivity index (χ4n) is 3.60. The number of sulfonamides is 1. The van der Waals surface area contributed by atoms with Crippen molar-refractivity contribution in [3.05, 3.63) is 46.3 Å². The molecule has 31 heavy (non-hydrogen) atoms. The average Bonchev–Trinajstić information content (AvgIpc) is 3.30. The van der Waals surface area contributed by atoms with Gasteiger partial charge in [-0.25, -0.2) is 8.42 Å². The van der Waals surface area contributed by atoms with Crippen LogP contribution in [-0.2, 0) is 14.8 Å². The third kappa shape index (κ3) is 5.28. The first kappa shape index (κ1) is 23.7. The van der Waals surface area contributed by atoms with Crippen molar-refractivity contribution < 1.29 is 18.0 Å². The van der Waals surface area contributed by atoms with Gasteiger partial charge in [0.15, 0.2) is 0 Å². The molecule has 0 bridgehead atoms. The van der Waals surface area contributed by atoms with Crippen molar-refractivity contribution in [3.8, 4) is 0 Å². The number of piperidine rings is 1. The van der Waals surface area contributed by atoms with E-state index in [1.807, 2.05) is 13.8 Å². The van der Waals surface area contributed by atoms with Crippen molar-refractivity contribution in [1.82, 2.24) is 9.21 Å². The highest BCUT2D eigenvalue weighted by Crippen LogP contribution is 2.28. The predicted molar refractivity (Wildman–Crippen MR) is 123 cm³/mol. The van der Waals surface area contributed by atoms with Gasteiger partial charge in [-0.2, -0.15) is 4.31 Å². The zero-order valence-corrected chi connectivity index (χ0v) is 19.9. The number of benzene rings is 1. The number of nitrogens with one attached hydrogen (secondary N) is 1. The third-order valence-electron chi connectivity index (χ3n) is 5.36. The van der Waals surface area contributed by atoms with E-state index in [9.17, 15) is 18.0 Å². The second-order valence-corrected chi connectivity index (χ2v) is 10.8. The van der Waals surface area contributed by atoms with E-state index in [0.29, 0.717) is 43.7 Å². The number of nitrogens with zero attached hydrogens (tertiary/aromatic N) is 2. The van der Waals surface area contributed by atoms with Crippen LogP contribution in [0, 0.1) is 5.92 Å². The number of halogens is 1. The molecule has 3 rings (SSSR count). The van der Waals surface area contributed by atoms with Crippen LogP contribution in [0.3, 0.4) is 0 Å². The zero-order chi connectivity index (χ0) is 22.6. The lowest BCUT2D eigenvalue weighted by molar-refractivity contribution is -0.120. The summed E-state index contributed by atoms with van der Waals surface area (Å²) in [5.41, 5.74) is 0.860. The second kappa shape index (κ2) is 10.1. The number of rotatable bonds is 7. The molecule has 7 nitrogen and oxygen atoms in total. The van der Waals surface area contributed by atoms with Crippen LogP contribution < -0.4 is 5.32 Å². The first-order valence-electron chi connectivity index (χ1n) is 10.2. The largest absolute Gasteiger partial charge is 0.339 e. The van der Waals surface area contributed by atoms with E-state index in [0.717, 1.165) is 0 Å². The Bertz CT molecular complexity index is 1040. The molecule has 1 fully saturated rings. The van der Waals surface area contributed by atoms with Gasteiger partial charge < -0.3 is 10.2 Å². The average molecular weight is 484 g/mol. The van der Waals surface area contributed by atoms with Crippen LogP contribution in [-0.4, -0.2) is 55.6 Å². The smallest absolute Gasteiger partial charge is 0.255 e. The predicted octanol–water partition coefficient (Wildman–Crippen LogP) is 3.92. The Morgan fingerprint density at radius 1 is 1.26 bits per heavy atom. The molecule has 1 aromatic heterocycles. The number of anilines is 1. The first-order valence-corrected chi connectivity index (χ1v) is 12.9. The van der Waals surface area contributed by atoms with Gasteiger partial charge in [-0.1, -0.05) is 17.7 Å². The molecule has 0 aliphatic carbocycles. The Morgan fingerprint density at radius 3 is 2.61 bits per heavy atom. The minimum absolute atomic E-state index is 0.137. The molecule has 0 saturated carbocycles. The Balaban J connectivity index is 1.68. The number of amides is 2. The number of carbonyl (C=O) groups is 2. The third-order valence-corrected chi connectivity index (χ3v) is 8.91. The summed E-state index contributed by atoms with van der Waals surface area (Å²) in [6.45, 7) is 5.50. The summed E-state index contributed by atoms with van der Waals surface area (Å²) in [6.07, 6.45) is 1.22. The van der Waals surface area contributed by atoms with Crippen LogP contribution in [0.2, 0.25) is 5.02 Å². The molecule has 1 N–H and O–H groups in total. The monoisotopic (exact) mass is 483 g/mol. The minimum Gasteiger partial charge on any atom is -0.339 e. The fourth-order valence-corrected chi connectivity index (χ4v) is 6.53. The van der Waals surface area contributed by atoms with Gasteiger partial charge in [-0.15, -0.1) is 11.3 Å². The number of hydrogen-bond donors (Lipinski definition) is 1. The summed E-state index contributed by atoms with van der Waals surface area (Å²) in [6, 6.07) is 8.08. The molecule has 10 heteroatoms. The molecule has 1 unspecified atom stereocenters. The molecule has 2 amide bonds. The van der Waals surface area contributed by atoms with Gasteiger partial charge in [0.2, 0.25) is 5.91 Å². The van der Waals surface area contributed by atoms with Crippen molar-refractivity contribution in [2.45, 2.75) is 30.9 Å². The molecule has 1 aromatic carbocycles. The first-order chi connectivity index (χ1) is 14.8. The Morgan fingerprint density at radius 2 is 2.00 bits per heavy atom. The number of carbonyl (C=O) groups excluding carboxylic acids is 2. The minimum atomic E-state index is -3.58. The molecule has 1 aliphatic rings. The van der Waals surface area contributed by atoms with Crippen molar-refractivity contribution in [3.63, 3.8) is 0 Å². The molecule has 0 radical (unpaired) electrons. The van der Waals surface area contributed by atoms with E-state index in [1.54, 1.807) is 40.6 Å². The maximum absolute atomic E-state index is 12.8.